The average molecular weight is 152 g/mol. The zero-order chi connectivity index (χ0) is 7.84. The topological polar surface area (TPSA) is 57.5 Å². The molecule has 0 unspecified atom stereocenters. The van der Waals surface area contributed by atoms with Gasteiger partial charge in [-0.25, -0.2) is 4.98 Å². The Kier molecular flexibility index (Phi) is 1.06. The Labute approximate surface area is 63.0 Å². The van der Waals surface area contributed by atoms with Gasteiger partial charge in [0.25, 0.3) is 0 Å². The second kappa shape index (κ2) is 1.91. The van der Waals surface area contributed by atoms with Crippen LogP contribution in [0.4, 0.5) is 5.82 Å². The first-order valence-corrected chi connectivity index (χ1v) is 3.17. The smallest absolute Gasteiger partial charge is 0.249 e. The summed E-state index contributed by atoms with van der Waals surface area (Å²) in [4.78, 5) is 8.98. The maximum absolute atomic E-state index is 5.58. The predicted octanol–water partition coefficient (Wildman–Crippen LogP) is -0.224. The molecule has 0 aliphatic carbocycles. The summed E-state index contributed by atoms with van der Waals surface area (Å²) in [5.41, 5.74) is 5.58. The summed E-state index contributed by atoms with van der Waals surface area (Å²) in [6.45, 7) is 0. The summed E-state index contributed by atoms with van der Waals surface area (Å²) in [5, 5.41) is 0. The number of nitrogens with two attached hydrogens (primary N) is 1. The Morgan fingerprint density at radius 2 is 2.36 bits per heavy atom. The average Bonchev–Trinajstić information content (AvgIpc) is 2.53. The van der Waals surface area contributed by atoms with E-state index in [4.69, 9.17) is 10.6 Å². The van der Waals surface area contributed by atoms with E-state index in [1.54, 1.807) is 30.1 Å². The van der Waals surface area contributed by atoms with Crippen molar-refractivity contribution in [3.05, 3.63) is 18.6 Å². The van der Waals surface area contributed by atoms with Crippen molar-refractivity contribution in [3.8, 4) is 0 Å². The van der Waals surface area contributed by atoms with E-state index in [2.05, 4.69) is 4.98 Å². The molecule has 0 fully saturated rings. The second-order valence-electron chi connectivity index (χ2n) is 2.16. The first-order valence-electron chi connectivity index (χ1n) is 3.17. The molecule has 2 aromatic rings. The van der Waals surface area contributed by atoms with Crippen molar-refractivity contribution in [3.63, 3.8) is 0 Å². The van der Waals surface area contributed by atoms with Crippen LogP contribution < -0.4 is 10.6 Å². The highest BCUT2D eigenvalue weighted by atomic mass is 16.6. The molecule has 58 valence electrons. The fraction of sp³-hybridized carbons (Fsp3) is 0.167. The fourth-order valence-corrected chi connectivity index (χ4v) is 1.02. The lowest BCUT2D eigenvalue weighted by molar-refractivity contribution is 0.176. The van der Waals surface area contributed by atoms with E-state index in [1.807, 2.05) is 0 Å². The number of hydrogen-bond donors (Lipinski definition) is 1. The minimum Gasteiger partial charge on any atom is -0.414 e. The molecule has 5 nitrogen and oxygen atoms in total. The van der Waals surface area contributed by atoms with Crippen LogP contribution >= 0.6 is 0 Å². The highest BCUT2D eigenvalue weighted by Gasteiger charge is 2.03. The molecule has 0 saturated carbocycles. The van der Waals surface area contributed by atoms with Crippen LogP contribution in [0, 0.1) is 0 Å². The van der Waals surface area contributed by atoms with E-state index in [-0.39, 0.29) is 0 Å². The lowest BCUT2D eigenvalue weighted by Crippen LogP contribution is -2.03. The Bertz CT molecular complexity index is 375. The van der Waals surface area contributed by atoms with Gasteiger partial charge in [0.15, 0.2) is 0 Å². The molecule has 0 atom stereocenters. The van der Waals surface area contributed by atoms with E-state index in [0.717, 1.165) is 0 Å². The first-order chi connectivity index (χ1) is 5.33. The third-order valence-corrected chi connectivity index (χ3v) is 1.55. The van der Waals surface area contributed by atoms with Gasteiger partial charge in [-0.2, -0.15) is 4.73 Å². The number of anilines is 1. The maximum Gasteiger partial charge on any atom is 0.249 e. The van der Waals surface area contributed by atoms with Crippen LogP contribution in [-0.2, 0) is 0 Å². The minimum absolute atomic E-state index is 0.607. The summed E-state index contributed by atoms with van der Waals surface area (Å²) in [7, 11) is 1.57. The molecule has 0 aromatic carbocycles. The fourth-order valence-electron chi connectivity index (χ4n) is 1.02. The monoisotopic (exact) mass is 152 g/mol. The van der Waals surface area contributed by atoms with Gasteiger partial charge in [-0.1, -0.05) is 0 Å². The Morgan fingerprint density at radius 1 is 1.55 bits per heavy atom. The van der Waals surface area contributed by atoms with Crippen LogP contribution in [0.25, 0.3) is 5.78 Å². The van der Waals surface area contributed by atoms with E-state index < -0.39 is 0 Å². The third kappa shape index (κ3) is 0.674. The summed E-state index contributed by atoms with van der Waals surface area (Å²) in [6, 6.07) is 0. The normalized spacial score (nSPS) is 10.6. The highest BCUT2D eigenvalue weighted by Crippen LogP contribution is 2.07. The van der Waals surface area contributed by atoms with Crippen molar-refractivity contribution in [1.29, 1.82) is 0 Å². The van der Waals surface area contributed by atoms with Crippen molar-refractivity contribution < 1.29 is 4.84 Å². The van der Waals surface area contributed by atoms with Gasteiger partial charge in [0, 0.05) is 6.20 Å². The van der Waals surface area contributed by atoms with Gasteiger partial charge in [0.1, 0.15) is 12.9 Å². The lowest BCUT2D eigenvalue weighted by Gasteiger charge is -1.95. The molecule has 0 spiro atoms. The van der Waals surface area contributed by atoms with Crippen LogP contribution in [0.2, 0.25) is 0 Å². The van der Waals surface area contributed by atoms with Crippen molar-refractivity contribution in [2.24, 2.45) is 0 Å². The highest BCUT2D eigenvalue weighted by molar-refractivity contribution is 5.42. The molecule has 0 bridgehead atoms. The van der Waals surface area contributed by atoms with Crippen molar-refractivity contribution in [1.82, 2.24) is 14.1 Å². The van der Waals surface area contributed by atoms with E-state index >= 15 is 0 Å². The standard InChI is InChI=1S/C6H8N4O/c1-11-10-3-2-9-5(7)4-8-6(9)10/h2-4H,7H2,1H3. The van der Waals surface area contributed by atoms with Gasteiger partial charge in [-0.3, -0.25) is 4.40 Å². The molecule has 0 aliphatic rings. The van der Waals surface area contributed by atoms with Crippen molar-refractivity contribution in [2.75, 3.05) is 12.8 Å². The van der Waals surface area contributed by atoms with Gasteiger partial charge < -0.3 is 10.6 Å². The minimum atomic E-state index is 0.607. The first kappa shape index (κ1) is 6.09. The van der Waals surface area contributed by atoms with Gasteiger partial charge in [-0.15, -0.1) is 0 Å². The Hall–Kier alpha value is -1.65. The SMILES string of the molecule is COn1ccn2c(N)cnc12. The number of nitrogens with zero attached hydrogens (tertiary/aromatic N) is 3. The summed E-state index contributed by atoms with van der Waals surface area (Å²) < 4.78 is 3.28. The quantitative estimate of drug-likeness (QED) is 0.614. The van der Waals surface area contributed by atoms with Crippen molar-refractivity contribution >= 4 is 11.6 Å². The molecule has 2 heterocycles. The molecule has 2 rings (SSSR count). The number of imidazole rings is 2. The third-order valence-electron chi connectivity index (χ3n) is 1.55. The van der Waals surface area contributed by atoms with E-state index in [1.165, 1.54) is 4.73 Å². The molecule has 2 aromatic heterocycles. The summed E-state index contributed by atoms with van der Waals surface area (Å²) in [5.74, 6) is 1.29. The van der Waals surface area contributed by atoms with E-state index in [0.29, 0.717) is 11.6 Å². The lowest BCUT2D eigenvalue weighted by atomic mass is 10.8. The van der Waals surface area contributed by atoms with Crippen LogP contribution in [0.15, 0.2) is 18.6 Å². The molecule has 0 saturated heterocycles. The number of fused-ring (bicyclic) bond motifs is 1. The van der Waals surface area contributed by atoms with Crippen molar-refractivity contribution in [2.45, 2.75) is 0 Å². The molecule has 0 aliphatic heterocycles. The van der Waals surface area contributed by atoms with Gasteiger partial charge in [0.05, 0.1) is 12.4 Å². The summed E-state index contributed by atoms with van der Waals surface area (Å²) >= 11 is 0. The summed E-state index contributed by atoms with van der Waals surface area (Å²) in [6.07, 6.45) is 5.13. The van der Waals surface area contributed by atoms with Crippen LogP contribution in [0.5, 0.6) is 0 Å². The van der Waals surface area contributed by atoms with E-state index in [9.17, 15) is 0 Å². The Morgan fingerprint density at radius 3 is 3.09 bits per heavy atom. The van der Waals surface area contributed by atoms with Gasteiger partial charge in [-0.05, 0) is 0 Å². The number of nitrogen functional groups attached to an aromatic ring is 1. The maximum atomic E-state index is 5.58. The molecular formula is C6H8N4O. The van der Waals surface area contributed by atoms with Gasteiger partial charge in [0.2, 0.25) is 5.78 Å². The zero-order valence-electron chi connectivity index (χ0n) is 6.06. The molecule has 5 heteroatoms. The molecule has 0 radical (unpaired) electrons. The molecule has 0 amide bonds. The molecule has 2 N–H and O–H groups in total. The number of aromatic nitrogens is 3. The van der Waals surface area contributed by atoms with Crippen LogP contribution in [0.3, 0.4) is 0 Å². The number of rotatable bonds is 1. The largest absolute Gasteiger partial charge is 0.414 e. The predicted molar refractivity (Wildman–Crippen MR) is 40.1 cm³/mol. The number of hydrogen-bond acceptors (Lipinski definition) is 3. The van der Waals surface area contributed by atoms with Gasteiger partial charge >= 0.3 is 0 Å². The van der Waals surface area contributed by atoms with Crippen LogP contribution in [0.1, 0.15) is 0 Å². The van der Waals surface area contributed by atoms with Crippen LogP contribution in [-0.4, -0.2) is 21.2 Å². The molecule has 11 heavy (non-hydrogen) atoms. The molecular weight excluding hydrogens is 144 g/mol. The second-order valence-corrected chi connectivity index (χ2v) is 2.16. The zero-order valence-corrected chi connectivity index (χ0v) is 6.06. The Balaban J connectivity index is 2.77.